The number of esters is 1. The molecule has 3 amide bonds. The highest BCUT2D eigenvalue weighted by molar-refractivity contribution is 6.04. The molecule has 0 aliphatic carbocycles. The Morgan fingerprint density at radius 2 is 2.00 bits per heavy atom. The maximum absolute atomic E-state index is 14.4. The molecule has 0 unspecified atom stereocenters. The number of rotatable bonds is 15. The minimum Gasteiger partial charge on any atom is -0.497 e. The van der Waals surface area contributed by atoms with Crippen molar-refractivity contribution in [3.63, 3.8) is 0 Å². The molecule has 3 aliphatic rings. The van der Waals surface area contributed by atoms with E-state index in [9.17, 15) is 24.3 Å². The molecule has 0 radical (unpaired) electrons. The molecule has 2 bridgehead atoms. The van der Waals surface area contributed by atoms with E-state index in [2.05, 4.69) is 18.5 Å². The number of hydrogen-bond acceptors (Lipinski definition) is 8. The van der Waals surface area contributed by atoms with Gasteiger partial charge in [-0.3, -0.25) is 19.2 Å². The van der Waals surface area contributed by atoms with E-state index in [4.69, 9.17) is 14.2 Å². The number of nitrogens with one attached hydrogen (secondary N) is 1. The SMILES string of the molecule is C=CCCC(=O)NC[C@H](C)OC(=O)[C@@H]1[C@@H]2CC[C@]3(O2)[C@H](C(=O)N(CC=C)c2ccc(OC)cc2)N(CCCO)C(=O)[C@@H]13. The summed E-state index contributed by atoms with van der Waals surface area (Å²) in [5, 5.41) is 12.3. The maximum atomic E-state index is 14.4. The van der Waals surface area contributed by atoms with Gasteiger partial charge in [-0.05, 0) is 56.9 Å². The van der Waals surface area contributed by atoms with E-state index in [1.807, 2.05) is 0 Å². The van der Waals surface area contributed by atoms with Gasteiger partial charge in [0.25, 0.3) is 5.91 Å². The van der Waals surface area contributed by atoms with Crippen LogP contribution in [0, 0.1) is 11.8 Å². The molecule has 3 aliphatic heterocycles. The first-order valence-corrected chi connectivity index (χ1v) is 14.5. The van der Waals surface area contributed by atoms with Crippen LogP contribution in [0.1, 0.15) is 39.0 Å². The normalized spacial score (nSPS) is 26.4. The molecule has 3 heterocycles. The molecule has 1 aromatic carbocycles. The largest absolute Gasteiger partial charge is 0.497 e. The van der Waals surface area contributed by atoms with Crippen molar-refractivity contribution in [2.24, 2.45) is 11.8 Å². The van der Waals surface area contributed by atoms with Crippen LogP contribution < -0.4 is 15.0 Å². The zero-order valence-electron chi connectivity index (χ0n) is 24.3. The van der Waals surface area contributed by atoms with Gasteiger partial charge in [0.2, 0.25) is 11.8 Å². The van der Waals surface area contributed by atoms with Crippen LogP contribution in [-0.2, 0) is 28.7 Å². The Morgan fingerprint density at radius 3 is 2.64 bits per heavy atom. The first-order valence-electron chi connectivity index (χ1n) is 14.5. The predicted octanol–water partition coefficient (Wildman–Crippen LogP) is 1.99. The Hall–Kier alpha value is -3.70. The van der Waals surface area contributed by atoms with Crippen molar-refractivity contribution in [3.8, 4) is 5.75 Å². The summed E-state index contributed by atoms with van der Waals surface area (Å²) in [5.41, 5.74) is -0.603. The number of allylic oxidation sites excluding steroid dienone is 1. The number of benzene rings is 1. The van der Waals surface area contributed by atoms with Gasteiger partial charge < -0.3 is 34.4 Å². The molecule has 0 saturated carbocycles. The molecule has 228 valence electrons. The first-order chi connectivity index (χ1) is 20.2. The zero-order chi connectivity index (χ0) is 30.4. The van der Waals surface area contributed by atoms with E-state index in [1.54, 1.807) is 55.4 Å². The summed E-state index contributed by atoms with van der Waals surface area (Å²) in [6.45, 7) is 9.38. The summed E-state index contributed by atoms with van der Waals surface area (Å²) in [6.07, 6.45) is 4.11. The summed E-state index contributed by atoms with van der Waals surface area (Å²) in [7, 11) is 1.56. The summed E-state index contributed by atoms with van der Waals surface area (Å²) in [5.74, 6) is -2.60. The number of aliphatic hydroxyl groups is 1. The Balaban J connectivity index is 1.59. The van der Waals surface area contributed by atoms with Crippen molar-refractivity contribution < 1.29 is 38.5 Å². The number of amides is 3. The van der Waals surface area contributed by atoms with Gasteiger partial charge in [-0.25, -0.2) is 0 Å². The molecule has 4 rings (SSSR count). The molecule has 11 nitrogen and oxygen atoms in total. The van der Waals surface area contributed by atoms with Gasteiger partial charge in [-0.1, -0.05) is 12.2 Å². The van der Waals surface area contributed by atoms with Crippen LogP contribution in [0.5, 0.6) is 5.75 Å². The average Bonchev–Trinajstić information content (AvgIpc) is 3.63. The third kappa shape index (κ3) is 5.94. The lowest BCUT2D eigenvalue weighted by Gasteiger charge is -2.36. The minimum absolute atomic E-state index is 0.131. The van der Waals surface area contributed by atoms with E-state index in [0.717, 1.165) is 0 Å². The van der Waals surface area contributed by atoms with E-state index in [0.29, 0.717) is 37.1 Å². The van der Waals surface area contributed by atoms with Crippen molar-refractivity contribution in [2.45, 2.75) is 62.9 Å². The van der Waals surface area contributed by atoms with E-state index in [-0.39, 0.29) is 50.4 Å². The standard InChI is InChI=1S/C31H41N3O8/c1-5-7-9-24(36)32-19-20(3)41-30(39)25-23-14-15-31(42-23)26(25)28(37)34(17-8-18-35)27(31)29(38)33(16-6-2)21-10-12-22(40-4)13-11-21/h5-6,10-13,20,23,25-27,35H,1-2,7-9,14-19H2,3-4H3,(H,32,36)/t20-,23-,25+,26+,27-,31+/m0/s1. The summed E-state index contributed by atoms with van der Waals surface area (Å²) >= 11 is 0. The highest BCUT2D eigenvalue weighted by Crippen LogP contribution is 2.59. The average molecular weight is 584 g/mol. The molecule has 42 heavy (non-hydrogen) atoms. The molecule has 6 atom stereocenters. The second-order valence-electron chi connectivity index (χ2n) is 11.0. The summed E-state index contributed by atoms with van der Waals surface area (Å²) < 4.78 is 17.4. The highest BCUT2D eigenvalue weighted by Gasteiger charge is 2.75. The van der Waals surface area contributed by atoms with Crippen molar-refractivity contribution in [2.75, 3.05) is 38.3 Å². The van der Waals surface area contributed by atoms with Gasteiger partial charge in [-0.15, -0.1) is 13.2 Å². The number of carbonyl (C=O) groups excluding carboxylic acids is 4. The predicted molar refractivity (Wildman–Crippen MR) is 155 cm³/mol. The van der Waals surface area contributed by atoms with Gasteiger partial charge in [0.05, 0.1) is 31.6 Å². The van der Waals surface area contributed by atoms with Crippen LogP contribution in [0.3, 0.4) is 0 Å². The molecular formula is C31H41N3O8. The minimum atomic E-state index is -1.20. The summed E-state index contributed by atoms with van der Waals surface area (Å²) in [4.78, 5) is 56.8. The molecule has 11 heteroatoms. The molecule has 3 saturated heterocycles. The first kappa shape index (κ1) is 31.2. The number of methoxy groups -OCH3 is 1. The Morgan fingerprint density at radius 1 is 1.26 bits per heavy atom. The van der Waals surface area contributed by atoms with Gasteiger partial charge in [-0.2, -0.15) is 0 Å². The number of aliphatic hydroxyl groups excluding tert-OH is 1. The number of fused-ring (bicyclic) bond motifs is 1. The van der Waals surface area contributed by atoms with E-state index >= 15 is 0 Å². The van der Waals surface area contributed by atoms with Crippen LogP contribution >= 0.6 is 0 Å². The fraction of sp³-hybridized carbons (Fsp3) is 0.548. The number of likely N-dealkylation sites (tertiary alicyclic amines) is 1. The fourth-order valence-corrected chi connectivity index (χ4v) is 6.44. The number of anilines is 1. The molecular weight excluding hydrogens is 542 g/mol. The van der Waals surface area contributed by atoms with Gasteiger partial charge in [0.15, 0.2) is 0 Å². The lowest BCUT2D eigenvalue weighted by Crippen LogP contribution is -2.56. The monoisotopic (exact) mass is 583 g/mol. The fourth-order valence-electron chi connectivity index (χ4n) is 6.44. The third-order valence-electron chi connectivity index (χ3n) is 8.30. The Bertz CT molecular complexity index is 1190. The van der Waals surface area contributed by atoms with E-state index in [1.165, 1.54) is 4.90 Å². The van der Waals surface area contributed by atoms with Gasteiger partial charge in [0, 0.05) is 31.8 Å². The van der Waals surface area contributed by atoms with Gasteiger partial charge >= 0.3 is 5.97 Å². The second-order valence-corrected chi connectivity index (χ2v) is 11.0. The van der Waals surface area contributed by atoms with E-state index < -0.39 is 41.7 Å². The summed E-state index contributed by atoms with van der Waals surface area (Å²) in [6, 6.07) is 6.02. The van der Waals surface area contributed by atoms with Crippen molar-refractivity contribution in [1.82, 2.24) is 10.2 Å². The smallest absolute Gasteiger partial charge is 0.312 e. The van der Waals surface area contributed by atoms with Crippen molar-refractivity contribution in [1.29, 1.82) is 0 Å². The van der Waals surface area contributed by atoms with Crippen LogP contribution in [-0.4, -0.2) is 90.9 Å². The van der Waals surface area contributed by atoms with Crippen LogP contribution in [0.2, 0.25) is 0 Å². The molecule has 3 fully saturated rings. The second kappa shape index (κ2) is 13.5. The van der Waals surface area contributed by atoms with Crippen molar-refractivity contribution >= 4 is 29.4 Å². The van der Waals surface area contributed by atoms with Gasteiger partial charge in [0.1, 0.15) is 23.5 Å². The lowest BCUT2D eigenvalue weighted by atomic mass is 9.70. The number of ether oxygens (including phenoxy) is 3. The Kier molecular flexibility index (Phi) is 10.1. The Labute approximate surface area is 246 Å². The van der Waals surface area contributed by atoms with Crippen LogP contribution in [0.25, 0.3) is 0 Å². The third-order valence-corrected chi connectivity index (χ3v) is 8.30. The maximum Gasteiger partial charge on any atom is 0.312 e. The molecule has 1 spiro atoms. The lowest BCUT2D eigenvalue weighted by molar-refractivity contribution is -0.159. The van der Waals surface area contributed by atoms with Crippen LogP contribution in [0.15, 0.2) is 49.6 Å². The molecule has 0 aromatic heterocycles. The number of hydrogen-bond donors (Lipinski definition) is 2. The van der Waals surface area contributed by atoms with Crippen LogP contribution in [0.4, 0.5) is 5.69 Å². The molecule has 2 N–H and O–H groups in total. The number of nitrogens with zero attached hydrogens (tertiary/aromatic N) is 2. The quantitative estimate of drug-likeness (QED) is 0.237. The number of carbonyl (C=O) groups is 4. The topological polar surface area (TPSA) is 135 Å². The highest BCUT2D eigenvalue weighted by atomic mass is 16.6. The zero-order valence-corrected chi connectivity index (χ0v) is 24.3. The van der Waals surface area contributed by atoms with Crippen molar-refractivity contribution in [3.05, 3.63) is 49.6 Å². The molecule has 1 aromatic rings.